The molecule has 0 aliphatic carbocycles. The fourth-order valence-corrected chi connectivity index (χ4v) is 4.41. The molecule has 2 N–H and O–H groups in total. The molecule has 192 valence electrons. The Balaban J connectivity index is 1.44. The topological polar surface area (TPSA) is 110 Å². The maximum Gasteiger partial charge on any atom is 0.416 e. The Morgan fingerprint density at radius 2 is 1.81 bits per heavy atom. The third-order valence-corrected chi connectivity index (χ3v) is 6.56. The Kier molecular flexibility index (Phi) is 7.21. The van der Waals surface area contributed by atoms with E-state index in [0.717, 1.165) is 28.6 Å². The maximum atomic E-state index is 12.8. The number of hydrazone groups is 1. The summed E-state index contributed by atoms with van der Waals surface area (Å²) in [6.07, 6.45) is -1.67. The maximum absolute atomic E-state index is 12.8. The van der Waals surface area contributed by atoms with E-state index in [0.29, 0.717) is 17.9 Å². The molecule has 0 saturated heterocycles. The summed E-state index contributed by atoms with van der Waals surface area (Å²) in [4.78, 5) is 15.0. The van der Waals surface area contributed by atoms with Crippen molar-refractivity contribution in [2.45, 2.75) is 17.5 Å². The summed E-state index contributed by atoms with van der Waals surface area (Å²) >= 11 is 0. The van der Waals surface area contributed by atoms with Gasteiger partial charge in [0.15, 0.2) is 5.75 Å². The van der Waals surface area contributed by atoms with Crippen LogP contribution in [0.3, 0.4) is 0 Å². The highest BCUT2D eigenvalue weighted by atomic mass is 32.2. The van der Waals surface area contributed by atoms with E-state index in [-0.39, 0.29) is 17.7 Å². The highest BCUT2D eigenvalue weighted by Crippen LogP contribution is 2.30. The summed E-state index contributed by atoms with van der Waals surface area (Å²) in [5.74, 6) is 0.106. The Morgan fingerprint density at radius 3 is 2.51 bits per heavy atom. The molecule has 0 bridgehead atoms. The Bertz CT molecular complexity index is 1560. The number of para-hydroxylation sites is 1. The number of halogens is 3. The average Bonchev–Trinajstić information content (AvgIpc) is 3.26. The van der Waals surface area contributed by atoms with Crippen molar-refractivity contribution in [1.29, 1.82) is 0 Å². The number of benzene rings is 3. The van der Waals surface area contributed by atoms with Crippen LogP contribution in [-0.2, 0) is 27.5 Å². The number of carbonyl (C=O) groups is 1. The number of carbonyl (C=O) groups excluding carboxylic acids is 1. The molecule has 8 nitrogen and oxygen atoms in total. The van der Waals surface area contributed by atoms with Crippen LogP contribution in [0.25, 0.3) is 10.9 Å². The summed E-state index contributed by atoms with van der Waals surface area (Å²) in [7, 11) is -2.88. The van der Waals surface area contributed by atoms with Crippen molar-refractivity contribution in [2.75, 3.05) is 7.11 Å². The lowest BCUT2D eigenvalue weighted by Crippen LogP contribution is -2.19. The van der Waals surface area contributed by atoms with Gasteiger partial charge in [0.05, 0.1) is 25.3 Å². The molecule has 3 aromatic carbocycles. The number of hydrogen-bond acceptors (Lipinski definition) is 6. The van der Waals surface area contributed by atoms with Gasteiger partial charge >= 0.3 is 16.3 Å². The van der Waals surface area contributed by atoms with E-state index in [1.54, 1.807) is 25.4 Å². The first-order valence-electron chi connectivity index (χ1n) is 10.7. The fourth-order valence-electron chi connectivity index (χ4n) is 3.46. The van der Waals surface area contributed by atoms with Crippen LogP contribution in [0.15, 0.2) is 82.9 Å². The van der Waals surface area contributed by atoms with Gasteiger partial charge < -0.3 is 13.9 Å². The van der Waals surface area contributed by atoms with E-state index < -0.39 is 32.7 Å². The van der Waals surface area contributed by atoms with Gasteiger partial charge in [0.2, 0.25) is 5.91 Å². The molecule has 0 saturated carbocycles. The van der Waals surface area contributed by atoms with Crippen molar-refractivity contribution in [3.63, 3.8) is 0 Å². The molecule has 37 heavy (non-hydrogen) atoms. The lowest BCUT2D eigenvalue weighted by Gasteiger charge is -2.11. The summed E-state index contributed by atoms with van der Waals surface area (Å²) in [5, 5.41) is 4.70. The second-order valence-corrected chi connectivity index (χ2v) is 9.34. The van der Waals surface area contributed by atoms with Crippen LogP contribution in [0, 0.1) is 0 Å². The number of fused-ring (bicyclic) bond motifs is 1. The van der Waals surface area contributed by atoms with E-state index in [2.05, 4.69) is 15.5 Å². The van der Waals surface area contributed by atoms with Gasteiger partial charge in [0.1, 0.15) is 10.6 Å². The number of aromatic nitrogens is 1. The summed E-state index contributed by atoms with van der Waals surface area (Å²) in [6.45, 7) is 0. The number of alkyl halides is 3. The minimum absolute atomic E-state index is 0.0188. The zero-order chi connectivity index (χ0) is 26.6. The quantitative estimate of drug-likeness (QED) is 0.195. The van der Waals surface area contributed by atoms with Gasteiger partial charge in [-0.3, -0.25) is 4.79 Å². The molecule has 0 fully saturated rings. The number of rotatable bonds is 8. The third kappa shape index (κ3) is 6.09. The number of amides is 1. The number of nitrogens with zero attached hydrogens (tertiary/aromatic N) is 1. The van der Waals surface area contributed by atoms with Crippen molar-refractivity contribution >= 4 is 33.1 Å². The van der Waals surface area contributed by atoms with Gasteiger partial charge in [-0.25, -0.2) is 5.43 Å². The molecule has 0 radical (unpaired) electrons. The molecule has 4 aromatic rings. The number of methoxy groups -OCH3 is 1. The number of hydrogen-bond donors (Lipinski definition) is 2. The predicted molar refractivity (Wildman–Crippen MR) is 130 cm³/mol. The SMILES string of the molecule is COc1ccc2[nH]cc(CC(=O)NN=Cc3ccccc3OS(=O)(=O)c3ccc(C(F)(F)F)cc3)c2c1. The Morgan fingerprint density at radius 1 is 1.08 bits per heavy atom. The van der Waals surface area contributed by atoms with Crippen molar-refractivity contribution in [3.8, 4) is 11.5 Å². The molecule has 0 aliphatic heterocycles. The molecule has 1 amide bonds. The fraction of sp³-hybridized carbons (Fsp3) is 0.120. The van der Waals surface area contributed by atoms with Crippen LogP contribution >= 0.6 is 0 Å². The highest BCUT2D eigenvalue weighted by molar-refractivity contribution is 7.87. The lowest BCUT2D eigenvalue weighted by molar-refractivity contribution is -0.137. The third-order valence-electron chi connectivity index (χ3n) is 5.31. The summed E-state index contributed by atoms with van der Waals surface area (Å²) in [6, 6.07) is 14.3. The van der Waals surface area contributed by atoms with E-state index in [9.17, 15) is 26.4 Å². The number of nitrogens with one attached hydrogen (secondary N) is 2. The predicted octanol–water partition coefficient (Wildman–Crippen LogP) is 4.66. The zero-order valence-electron chi connectivity index (χ0n) is 19.2. The van der Waals surface area contributed by atoms with Gasteiger partial charge in [0.25, 0.3) is 0 Å². The second kappa shape index (κ2) is 10.3. The molecule has 0 aliphatic rings. The van der Waals surface area contributed by atoms with E-state index in [4.69, 9.17) is 8.92 Å². The first-order chi connectivity index (χ1) is 17.6. The van der Waals surface area contributed by atoms with Gasteiger partial charge in [0, 0.05) is 22.7 Å². The van der Waals surface area contributed by atoms with Crippen LogP contribution in [0.1, 0.15) is 16.7 Å². The minimum Gasteiger partial charge on any atom is -0.497 e. The molecular weight excluding hydrogens is 511 g/mol. The molecule has 0 unspecified atom stereocenters. The van der Waals surface area contributed by atoms with E-state index >= 15 is 0 Å². The van der Waals surface area contributed by atoms with Crippen molar-refractivity contribution in [3.05, 3.63) is 89.6 Å². The Hall–Kier alpha value is -4.32. The smallest absolute Gasteiger partial charge is 0.416 e. The lowest BCUT2D eigenvalue weighted by atomic mass is 10.1. The van der Waals surface area contributed by atoms with Crippen LogP contribution in [-0.4, -0.2) is 32.6 Å². The minimum atomic E-state index is -4.60. The second-order valence-electron chi connectivity index (χ2n) is 7.79. The summed E-state index contributed by atoms with van der Waals surface area (Å²) < 4.78 is 73.8. The van der Waals surface area contributed by atoms with Gasteiger partial charge in [-0.1, -0.05) is 12.1 Å². The zero-order valence-corrected chi connectivity index (χ0v) is 20.1. The number of H-pyrrole nitrogens is 1. The average molecular weight is 532 g/mol. The normalized spacial score (nSPS) is 12.1. The molecule has 4 rings (SSSR count). The standard InChI is InChI=1S/C25H20F3N3O5S/c1-35-19-8-11-22-21(13-19)17(14-29-22)12-24(32)31-30-15-16-4-2-3-5-23(16)36-37(33,34)20-9-6-18(7-10-20)25(26,27)28/h2-11,13-15,29H,12H2,1H3,(H,31,32). The monoisotopic (exact) mass is 531 g/mol. The largest absolute Gasteiger partial charge is 0.497 e. The van der Waals surface area contributed by atoms with Crippen LogP contribution < -0.4 is 14.3 Å². The first-order valence-corrected chi connectivity index (χ1v) is 12.1. The molecule has 0 spiro atoms. The van der Waals surface area contributed by atoms with Crippen molar-refractivity contribution < 1.29 is 35.3 Å². The van der Waals surface area contributed by atoms with Crippen LogP contribution in [0.2, 0.25) is 0 Å². The van der Waals surface area contributed by atoms with Crippen molar-refractivity contribution in [2.24, 2.45) is 5.10 Å². The molecular formula is C25H20F3N3O5S. The van der Waals surface area contributed by atoms with Gasteiger partial charge in [-0.2, -0.15) is 26.7 Å². The number of ether oxygens (including phenoxy) is 1. The van der Waals surface area contributed by atoms with Crippen LogP contribution in [0.5, 0.6) is 11.5 Å². The molecule has 0 atom stereocenters. The molecule has 1 aromatic heterocycles. The molecule has 1 heterocycles. The summed E-state index contributed by atoms with van der Waals surface area (Å²) in [5.41, 5.74) is 3.18. The highest BCUT2D eigenvalue weighted by Gasteiger charge is 2.31. The van der Waals surface area contributed by atoms with Crippen LogP contribution in [0.4, 0.5) is 13.2 Å². The van der Waals surface area contributed by atoms with Gasteiger partial charge in [-0.15, -0.1) is 0 Å². The van der Waals surface area contributed by atoms with E-state index in [1.165, 1.54) is 24.4 Å². The number of aromatic amines is 1. The van der Waals surface area contributed by atoms with E-state index in [1.807, 2.05) is 12.1 Å². The first kappa shape index (κ1) is 25.8. The van der Waals surface area contributed by atoms with Gasteiger partial charge in [-0.05, 0) is 60.2 Å². The molecule has 12 heteroatoms. The van der Waals surface area contributed by atoms with Crippen molar-refractivity contribution in [1.82, 2.24) is 10.4 Å². The Labute approximate surface area is 209 Å².